The maximum absolute atomic E-state index is 13.6. The second-order valence-corrected chi connectivity index (χ2v) is 6.07. The van der Waals surface area contributed by atoms with E-state index < -0.39 is 11.6 Å². The Labute approximate surface area is 123 Å². The van der Waals surface area contributed by atoms with Gasteiger partial charge in [-0.25, -0.2) is 8.78 Å². The van der Waals surface area contributed by atoms with Crippen molar-refractivity contribution in [2.45, 2.75) is 38.3 Å². The monoisotopic (exact) mass is 294 g/mol. The van der Waals surface area contributed by atoms with E-state index in [1.807, 2.05) is 0 Å². The molecule has 1 saturated carbocycles. The number of nitrogens with one attached hydrogen (secondary N) is 1. The van der Waals surface area contributed by atoms with Gasteiger partial charge >= 0.3 is 0 Å². The van der Waals surface area contributed by atoms with Gasteiger partial charge in [-0.2, -0.15) is 0 Å². The van der Waals surface area contributed by atoms with Gasteiger partial charge in [-0.15, -0.1) is 0 Å². The van der Waals surface area contributed by atoms with Gasteiger partial charge in [0.15, 0.2) is 0 Å². The number of hydrogen-bond acceptors (Lipinski definition) is 2. The molecule has 2 fully saturated rings. The van der Waals surface area contributed by atoms with E-state index in [2.05, 4.69) is 10.2 Å². The maximum Gasteiger partial charge on any atom is 0.223 e. The largest absolute Gasteiger partial charge is 0.353 e. The van der Waals surface area contributed by atoms with Gasteiger partial charge in [0.05, 0.1) is 0 Å². The van der Waals surface area contributed by atoms with Crippen LogP contribution in [0.4, 0.5) is 8.78 Å². The summed E-state index contributed by atoms with van der Waals surface area (Å²) in [6.45, 7) is 2.15. The van der Waals surface area contributed by atoms with E-state index in [1.54, 1.807) is 0 Å². The molecule has 0 radical (unpaired) electrons. The Morgan fingerprint density at radius 2 is 1.90 bits per heavy atom. The molecule has 21 heavy (non-hydrogen) atoms. The number of hydrogen-bond donors (Lipinski definition) is 1. The molecule has 1 heterocycles. The predicted octanol–water partition coefficient (Wildman–Crippen LogP) is 2.46. The molecule has 3 nitrogen and oxygen atoms in total. The highest BCUT2D eigenvalue weighted by Gasteiger charge is 2.31. The zero-order valence-corrected chi connectivity index (χ0v) is 11.9. The van der Waals surface area contributed by atoms with Crippen LogP contribution >= 0.6 is 0 Å². The Morgan fingerprint density at radius 1 is 1.19 bits per heavy atom. The number of likely N-dealkylation sites (tertiary alicyclic amines) is 1. The normalized spacial score (nSPS) is 20.5. The molecule has 3 rings (SSSR count). The highest BCUT2D eigenvalue weighted by Crippen LogP contribution is 2.29. The lowest BCUT2D eigenvalue weighted by Gasteiger charge is -2.32. The summed E-state index contributed by atoms with van der Waals surface area (Å²) < 4.78 is 26.5. The van der Waals surface area contributed by atoms with Crippen LogP contribution in [-0.4, -0.2) is 29.9 Å². The standard InChI is InChI=1S/C16H20F2N2O/c17-13-4-3-12(15(18)9-13)10-20-7-5-14(6-8-20)19-16(21)11-1-2-11/h3-4,9,11,14H,1-2,5-8,10H2,(H,19,21). The first-order chi connectivity index (χ1) is 10.1. The number of piperidine rings is 1. The average molecular weight is 294 g/mol. The van der Waals surface area contributed by atoms with Crippen molar-refractivity contribution in [3.63, 3.8) is 0 Å². The average Bonchev–Trinajstić information content (AvgIpc) is 3.28. The Morgan fingerprint density at radius 3 is 2.52 bits per heavy atom. The molecule has 1 saturated heterocycles. The third-order valence-corrected chi connectivity index (χ3v) is 4.29. The van der Waals surface area contributed by atoms with Crippen LogP contribution in [0.25, 0.3) is 0 Å². The molecule has 1 aliphatic carbocycles. The van der Waals surface area contributed by atoms with Crippen LogP contribution in [0.1, 0.15) is 31.2 Å². The fraction of sp³-hybridized carbons (Fsp3) is 0.562. The molecular formula is C16H20F2N2O. The van der Waals surface area contributed by atoms with Crippen LogP contribution in [0.5, 0.6) is 0 Å². The molecule has 1 amide bonds. The molecule has 0 atom stereocenters. The van der Waals surface area contributed by atoms with E-state index >= 15 is 0 Å². The van der Waals surface area contributed by atoms with Crippen molar-refractivity contribution in [3.8, 4) is 0 Å². The van der Waals surface area contributed by atoms with Gasteiger partial charge in [-0.1, -0.05) is 6.07 Å². The van der Waals surface area contributed by atoms with Crippen molar-refractivity contribution in [1.29, 1.82) is 0 Å². The van der Waals surface area contributed by atoms with Gasteiger partial charge in [-0.3, -0.25) is 9.69 Å². The molecule has 0 bridgehead atoms. The quantitative estimate of drug-likeness (QED) is 0.925. The molecular weight excluding hydrogens is 274 g/mol. The summed E-state index contributed by atoms with van der Waals surface area (Å²) in [5.41, 5.74) is 0.525. The smallest absolute Gasteiger partial charge is 0.223 e. The highest BCUT2D eigenvalue weighted by atomic mass is 19.1. The van der Waals surface area contributed by atoms with Crippen LogP contribution in [-0.2, 0) is 11.3 Å². The third kappa shape index (κ3) is 3.79. The van der Waals surface area contributed by atoms with Gasteiger partial charge in [0.2, 0.25) is 5.91 Å². The minimum atomic E-state index is -0.544. The zero-order chi connectivity index (χ0) is 14.8. The van der Waals surface area contributed by atoms with Crippen molar-refractivity contribution in [1.82, 2.24) is 10.2 Å². The van der Waals surface area contributed by atoms with E-state index in [0.29, 0.717) is 12.1 Å². The summed E-state index contributed by atoms with van der Waals surface area (Å²) >= 11 is 0. The number of benzene rings is 1. The first-order valence-electron chi connectivity index (χ1n) is 7.58. The van der Waals surface area contributed by atoms with Crippen LogP contribution in [0.3, 0.4) is 0 Å². The Hall–Kier alpha value is -1.49. The zero-order valence-electron chi connectivity index (χ0n) is 11.9. The fourth-order valence-corrected chi connectivity index (χ4v) is 2.79. The van der Waals surface area contributed by atoms with Crippen LogP contribution < -0.4 is 5.32 Å². The number of carbonyl (C=O) groups excluding carboxylic acids is 1. The van der Waals surface area contributed by atoms with Gasteiger partial charge in [0, 0.05) is 43.2 Å². The molecule has 1 aliphatic heterocycles. The van der Waals surface area contributed by atoms with Gasteiger partial charge in [0.25, 0.3) is 0 Å². The summed E-state index contributed by atoms with van der Waals surface area (Å²) in [5, 5.41) is 3.09. The second kappa shape index (κ2) is 6.10. The topological polar surface area (TPSA) is 32.3 Å². The molecule has 1 aromatic rings. The summed E-state index contributed by atoms with van der Waals surface area (Å²) in [4.78, 5) is 13.9. The molecule has 1 N–H and O–H groups in total. The van der Waals surface area contributed by atoms with Gasteiger partial charge in [-0.05, 0) is 31.7 Å². The molecule has 0 spiro atoms. The first-order valence-corrected chi connectivity index (χ1v) is 7.58. The Kier molecular flexibility index (Phi) is 4.19. The summed E-state index contributed by atoms with van der Waals surface area (Å²) in [7, 11) is 0. The van der Waals surface area contributed by atoms with E-state index in [0.717, 1.165) is 44.8 Å². The van der Waals surface area contributed by atoms with Gasteiger partial charge in [0.1, 0.15) is 11.6 Å². The SMILES string of the molecule is O=C(NC1CCN(Cc2ccc(F)cc2F)CC1)C1CC1. The first kappa shape index (κ1) is 14.4. The summed E-state index contributed by atoms with van der Waals surface area (Å²) in [6.07, 6.45) is 3.82. The van der Waals surface area contributed by atoms with Crippen LogP contribution in [0, 0.1) is 17.6 Å². The van der Waals surface area contributed by atoms with E-state index in [9.17, 15) is 13.6 Å². The molecule has 114 valence electrons. The second-order valence-electron chi connectivity index (χ2n) is 6.07. The molecule has 2 aliphatic rings. The van der Waals surface area contributed by atoms with Crippen molar-refractivity contribution in [3.05, 3.63) is 35.4 Å². The van der Waals surface area contributed by atoms with Crippen molar-refractivity contribution >= 4 is 5.91 Å². The van der Waals surface area contributed by atoms with E-state index in [-0.39, 0.29) is 17.9 Å². The molecule has 5 heteroatoms. The minimum Gasteiger partial charge on any atom is -0.353 e. The number of amides is 1. The van der Waals surface area contributed by atoms with Crippen molar-refractivity contribution in [2.75, 3.05) is 13.1 Å². The highest BCUT2D eigenvalue weighted by molar-refractivity contribution is 5.81. The Balaban J connectivity index is 1.47. The molecule has 0 aromatic heterocycles. The lowest BCUT2D eigenvalue weighted by Crippen LogP contribution is -2.44. The van der Waals surface area contributed by atoms with Crippen LogP contribution in [0.15, 0.2) is 18.2 Å². The number of rotatable bonds is 4. The molecule has 0 unspecified atom stereocenters. The van der Waals surface area contributed by atoms with Gasteiger partial charge < -0.3 is 5.32 Å². The summed E-state index contributed by atoms with van der Waals surface area (Å²) in [6, 6.07) is 3.97. The van der Waals surface area contributed by atoms with E-state index in [4.69, 9.17) is 0 Å². The third-order valence-electron chi connectivity index (χ3n) is 4.29. The Bertz CT molecular complexity index is 523. The lowest BCUT2D eigenvalue weighted by molar-refractivity contribution is -0.123. The van der Waals surface area contributed by atoms with Crippen molar-refractivity contribution < 1.29 is 13.6 Å². The number of halogens is 2. The maximum atomic E-state index is 13.6. The molecule has 1 aromatic carbocycles. The number of nitrogens with zero attached hydrogens (tertiary/aromatic N) is 1. The summed E-state index contributed by atoms with van der Waals surface area (Å²) in [5.74, 6) is -0.591. The fourth-order valence-electron chi connectivity index (χ4n) is 2.79. The minimum absolute atomic E-state index is 0.193. The lowest BCUT2D eigenvalue weighted by atomic mass is 10.0. The van der Waals surface area contributed by atoms with E-state index in [1.165, 1.54) is 12.1 Å². The van der Waals surface area contributed by atoms with Crippen molar-refractivity contribution in [2.24, 2.45) is 5.92 Å². The van der Waals surface area contributed by atoms with Crippen LogP contribution in [0.2, 0.25) is 0 Å². The number of carbonyl (C=O) groups is 1. The predicted molar refractivity (Wildman–Crippen MR) is 75.5 cm³/mol.